The van der Waals surface area contributed by atoms with Crippen molar-refractivity contribution in [1.82, 2.24) is 5.32 Å². The summed E-state index contributed by atoms with van der Waals surface area (Å²) in [5.74, 6) is -0.260. The van der Waals surface area contributed by atoms with E-state index in [4.69, 9.17) is 11.6 Å². The Morgan fingerprint density at radius 3 is 2.71 bits per heavy atom. The predicted molar refractivity (Wildman–Crippen MR) is 95.9 cm³/mol. The van der Waals surface area contributed by atoms with Crippen LogP contribution < -0.4 is 10.2 Å². The van der Waals surface area contributed by atoms with Crippen LogP contribution in [0.15, 0.2) is 40.7 Å². The van der Waals surface area contributed by atoms with Crippen LogP contribution in [0.5, 0.6) is 0 Å². The van der Waals surface area contributed by atoms with E-state index in [9.17, 15) is 10.1 Å². The second-order valence-corrected chi connectivity index (χ2v) is 6.88. The van der Waals surface area contributed by atoms with E-state index in [1.54, 1.807) is 0 Å². The van der Waals surface area contributed by atoms with Crippen molar-refractivity contribution in [2.75, 3.05) is 19.0 Å². The first-order valence-electron chi connectivity index (χ1n) is 8.05. The summed E-state index contributed by atoms with van der Waals surface area (Å²) in [4.78, 5) is 14.6. The molecule has 1 heterocycles. The van der Waals surface area contributed by atoms with Crippen molar-refractivity contribution in [3.8, 4) is 6.07 Å². The number of halogens is 1. The number of hydrogen-bond donors (Lipinski definition) is 1. The molecule has 0 amide bonds. The maximum absolute atomic E-state index is 12.6. The lowest BCUT2D eigenvalue weighted by atomic mass is 9.75. The number of anilines is 1. The number of hydrogen-bond acceptors (Lipinski definition) is 4. The second-order valence-electron chi connectivity index (χ2n) is 6.48. The molecule has 1 aromatic carbocycles. The van der Waals surface area contributed by atoms with Gasteiger partial charge in [-0.1, -0.05) is 17.7 Å². The molecule has 1 aromatic rings. The van der Waals surface area contributed by atoms with E-state index in [-0.39, 0.29) is 11.7 Å². The fourth-order valence-electron chi connectivity index (χ4n) is 3.47. The number of nitriles is 1. The van der Waals surface area contributed by atoms with Gasteiger partial charge in [-0.15, -0.1) is 0 Å². The minimum Gasteiger partial charge on any atom is -0.378 e. The summed E-state index contributed by atoms with van der Waals surface area (Å²) < 4.78 is 0. The summed E-state index contributed by atoms with van der Waals surface area (Å²) in [7, 11) is 3.90. The quantitative estimate of drug-likeness (QED) is 0.886. The third-order valence-corrected chi connectivity index (χ3v) is 5.04. The van der Waals surface area contributed by atoms with Gasteiger partial charge in [-0.3, -0.25) is 4.79 Å². The Hall–Kier alpha value is -2.25. The van der Waals surface area contributed by atoms with Gasteiger partial charge in [-0.05, 0) is 37.5 Å². The Kier molecular flexibility index (Phi) is 4.38. The average Bonchev–Trinajstić information content (AvgIpc) is 2.53. The van der Waals surface area contributed by atoms with E-state index in [1.807, 2.05) is 44.1 Å². The van der Waals surface area contributed by atoms with Crippen molar-refractivity contribution in [2.24, 2.45) is 0 Å². The molecule has 24 heavy (non-hydrogen) atoms. The van der Waals surface area contributed by atoms with Crippen molar-refractivity contribution in [3.63, 3.8) is 0 Å². The molecule has 1 unspecified atom stereocenters. The van der Waals surface area contributed by atoms with E-state index < -0.39 is 0 Å². The third kappa shape index (κ3) is 2.70. The number of dihydropyridines is 1. The Balaban J connectivity index is 2.18. The fourth-order valence-corrected chi connectivity index (χ4v) is 3.75. The smallest absolute Gasteiger partial charge is 0.161 e. The summed E-state index contributed by atoms with van der Waals surface area (Å²) in [6.45, 7) is 1.89. The Bertz CT molecular complexity index is 814. The van der Waals surface area contributed by atoms with Gasteiger partial charge in [0.05, 0.1) is 17.6 Å². The maximum atomic E-state index is 12.6. The van der Waals surface area contributed by atoms with Gasteiger partial charge in [-0.25, -0.2) is 0 Å². The number of rotatable bonds is 2. The molecule has 2 aliphatic rings. The first kappa shape index (κ1) is 16.6. The van der Waals surface area contributed by atoms with Crippen molar-refractivity contribution in [1.29, 1.82) is 5.26 Å². The number of carbonyl (C=O) groups excluding carboxylic acids is 1. The highest BCUT2D eigenvalue weighted by atomic mass is 35.5. The molecule has 0 saturated heterocycles. The molecule has 1 N–H and O–H groups in total. The normalized spacial score (nSPS) is 20.5. The summed E-state index contributed by atoms with van der Waals surface area (Å²) in [5.41, 5.74) is 4.85. The summed E-state index contributed by atoms with van der Waals surface area (Å²) in [6.07, 6.45) is 2.21. The molecule has 0 saturated carbocycles. The summed E-state index contributed by atoms with van der Waals surface area (Å²) in [6, 6.07) is 8.08. The van der Waals surface area contributed by atoms with Crippen LogP contribution in [0.1, 0.15) is 37.7 Å². The van der Waals surface area contributed by atoms with Crippen molar-refractivity contribution in [3.05, 3.63) is 51.3 Å². The average molecular weight is 342 g/mol. The fraction of sp³-hybridized carbons (Fsp3) is 0.368. The zero-order valence-corrected chi connectivity index (χ0v) is 14.9. The zero-order valence-electron chi connectivity index (χ0n) is 14.1. The molecule has 5 heteroatoms. The molecule has 1 aliphatic heterocycles. The number of benzene rings is 1. The highest BCUT2D eigenvalue weighted by Crippen LogP contribution is 2.44. The van der Waals surface area contributed by atoms with Gasteiger partial charge < -0.3 is 10.2 Å². The molecule has 4 nitrogen and oxygen atoms in total. The molecule has 0 radical (unpaired) electrons. The molecule has 0 aromatic heterocycles. The van der Waals surface area contributed by atoms with E-state index in [0.29, 0.717) is 22.6 Å². The molecule has 0 bridgehead atoms. The van der Waals surface area contributed by atoms with Crippen molar-refractivity contribution >= 4 is 23.1 Å². The number of Topliss-reactive ketones (excluding diaryl/α,β-unsaturated/α-hetero) is 1. The van der Waals surface area contributed by atoms with Gasteiger partial charge in [0.1, 0.15) is 0 Å². The zero-order chi connectivity index (χ0) is 17.4. The lowest BCUT2D eigenvalue weighted by Crippen LogP contribution is -2.31. The van der Waals surface area contributed by atoms with Crippen LogP contribution in [0, 0.1) is 11.3 Å². The van der Waals surface area contributed by atoms with Gasteiger partial charge in [-0.2, -0.15) is 5.26 Å². The van der Waals surface area contributed by atoms with Crippen LogP contribution in [-0.2, 0) is 4.79 Å². The SMILES string of the molecule is CC1=C(C#N)C(c2ccc(N(C)C)cc2Cl)C2=C(CCCC2=O)N1. The monoisotopic (exact) mass is 341 g/mol. The molecule has 3 rings (SSSR count). The highest BCUT2D eigenvalue weighted by Gasteiger charge is 2.36. The molecular weight excluding hydrogens is 322 g/mol. The van der Waals surface area contributed by atoms with Gasteiger partial charge in [0.15, 0.2) is 5.78 Å². The first-order valence-corrected chi connectivity index (χ1v) is 8.42. The van der Waals surface area contributed by atoms with Gasteiger partial charge in [0.25, 0.3) is 0 Å². The Morgan fingerprint density at radius 1 is 1.33 bits per heavy atom. The lowest BCUT2D eigenvalue weighted by molar-refractivity contribution is -0.116. The Morgan fingerprint density at radius 2 is 2.08 bits per heavy atom. The number of ketones is 1. The second kappa shape index (κ2) is 6.33. The summed E-state index contributed by atoms with van der Waals surface area (Å²) >= 11 is 6.54. The largest absolute Gasteiger partial charge is 0.378 e. The number of nitrogens with zero attached hydrogens (tertiary/aromatic N) is 2. The summed E-state index contributed by atoms with van der Waals surface area (Å²) in [5, 5.41) is 13.5. The lowest BCUT2D eigenvalue weighted by Gasteiger charge is -2.33. The number of allylic oxidation sites excluding steroid dienone is 4. The van der Waals surface area contributed by atoms with Crippen LogP contribution in [0.2, 0.25) is 5.02 Å². The van der Waals surface area contributed by atoms with Gasteiger partial charge in [0, 0.05) is 48.2 Å². The topological polar surface area (TPSA) is 56.1 Å². The number of carbonyl (C=O) groups is 1. The molecule has 1 aliphatic carbocycles. The molecule has 0 spiro atoms. The van der Waals surface area contributed by atoms with Crippen LogP contribution >= 0.6 is 11.6 Å². The van der Waals surface area contributed by atoms with Gasteiger partial charge >= 0.3 is 0 Å². The minimum atomic E-state index is -0.372. The first-order chi connectivity index (χ1) is 11.4. The van der Waals surface area contributed by atoms with Gasteiger partial charge in [0.2, 0.25) is 0 Å². The molecule has 124 valence electrons. The Labute approximate surface area is 147 Å². The van der Waals surface area contributed by atoms with Crippen LogP contribution in [0.3, 0.4) is 0 Å². The van der Waals surface area contributed by atoms with Crippen LogP contribution in [0.4, 0.5) is 5.69 Å². The predicted octanol–water partition coefficient (Wildman–Crippen LogP) is 3.90. The minimum absolute atomic E-state index is 0.113. The van der Waals surface area contributed by atoms with Crippen LogP contribution in [0.25, 0.3) is 0 Å². The highest BCUT2D eigenvalue weighted by molar-refractivity contribution is 6.32. The third-order valence-electron chi connectivity index (χ3n) is 4.71. The van der Waals surface area contributed by atoms with E-state index in [2.05, 4.69) is 11.4 Å². The van der Waals surface area contributed by atoms with Crippen LogP contribution in [-0.4, -0.2) is 19.9 Å². The molecule has 1 atom stereocenters. The standard InChI is InChI=1S/C19H20ClN3O/c1-11-14(10-21)18(19-16(22-11)5-4-6-17(19)24)13-8-7-12(23(2)3)9-15(13)20/h7-9,18,22H,4-6H2,1-3H3. The van der Waals surface area contributed by atoms with E-state index in [0.717, 1.165) is 35.5 Å². The molecule has 0 fully saturated rings. The van der Waals surface area contributed by atoms with Crippen molar-refractivity contribution in [2.45, 2.75) is 32.1 Å². The van der Waals surface area contributed by atoms with E-state index >= 15 is 0 Å². The molecular formula is C19H20ClN3O. The van der Waals surface area contributed by atoms with E-state index in [1.165, 1.54) is 0 Å². The van der Waals surface area contributed by atoms with Crippen molar-refractivity contribution < 1.29 is 4.79 Å². The number of nitrogens with one attached hydrogen (secondary N) is 1. The maximum Gasteiger partial charge on any atom is 0.161 e.